The zero-order valence-electron chi connectivity index (χ0n) is 62.1. The molecule has 10 atom stereocenters. The van der Waals surface area contributed by atoms with Crippen molar-refractivity contribution in [2.24, 2.45) is 41.1 Å². The molecule has 27 heteroatoms. The van der Waals surface area contributed by atoms with Crippen molar-refractivity contribution in [3.63, 3.8) is 0 Å². The number of carbonyl (C=O) groups excluding carboxylic acids is 10. The Bertz CT molecular complexity index is 4390. The molecule has 18 N–H and O–H groups in total. The summed E-state index contributed by atoms with van der Waals surface area (Å²) in [6.45, 7) is 18.6. The molecular weight excluding hydrogens is 1350 g/mol. The Morgan fingerprint density at radius 1 is 0.321 bits per heavy atom. The second-order valence-electron chi connectivity index (χ2n) is 29.9. The first-order chi connectivity index (χ1) is 50.4. The lowest BCUT2D eigenvalue weighted by atomic mass is 9.98. The number of nitrogens with two attached hydrogens (primary N) is 2. The molecule has 4 aromatic carbocycles. The largest absolute Gasteiger partial charge is 0.480 e. The van der Waals surface area contributed by atoms with Crippen molar-refractivity contribution >= 4 is 109 Å². The number of para-hydroxylation sites is 4. The van der Waals surface area contributed by atoms with E-state index in [1.54, 1.807) is 38.6 Å². The summed E-state index contributed by atoms with van der Waals surface area (Å²) < 4.78 is 0. The first-order valence-corrected chi connectivity index (χ1v) is 36.6. The van der Waals surface area contributed by atoms with Crippen LogP contribution < -0.4 is 59.3 Å². The average Bonchev–Trinajstić information content (AvgIpc) is 1.65. The highest BCUT2D eigenvalue weighted by atomic mass is 16.4. The minimum Gasteiger partial charge on any atom is -0.480 e. The normalized spacial score (nSPS) is 14.6. The number of aliphatic carboxylic acids is 1. The number of benzene rings is 4. The van der Waals surface area contributed by atoms with Crippen LogP contribution in [-0.2, 0) is 78.4 Å². The second kappa shape index (κ2) is 37.7. The highest BCUT2D eigenvalue weighted by Gasteiger charge is 2.38. The fourth-order valence-corrected chi connectivity index (χ4v) is 13.3. The Hall–Kier alpha value is -10.8. The van der Waals surface area contributed by atoms with Gasteiger partial charge in [0.2, 0.25) is 59.1 Å². The summed E-state index contributed by atoms with van der Waals surface area (Å²) in [7, 11) is 0. The van der Waals surface area contributed by atoms with E-state index in [1.165, 1.54) is 0 Å². The molecule has 0 bridgehead atoms. The highest BCUT2D eigenvalue weighted by molar-refractivity contribution is 6.00. The number of rotatable bonds is 40. The van der Waals surface area contributed by atoms with Gasteiger partial charge in [-0.15, -0.1) is 0 Å². The molecule has 27 nitrogen and oxygen atoms in total. The molecule has 0 radical (unpaired) electrons. The van der Waals surface area contributed by atoms with E-state index in [4.69, 9.17) is 11.5 Å². The predicted molar refractivity (Wildman–Crippen MR) is 407 cm³/mol. The highest BCUT2D eigenvalue weighted by Crippen LogP contribution is 2.25. The first-order valence-electron chi connectivity index (χ1n) is 36.6. The van der Waals surface area contributed by atoms with E-state index in [0.717, 1.165) is 49.2 Å². The quantitative estimate of drug-likeness (QED) is 0.0205. The van der Waals surface area contributed by atoms with Gasteiger partial charge in [0.15, 0.2) is 0 Å². The van der Waals surface area contributed by atoms with Crippen LogP contribution in [0.4, 0.5) is 0 Å². The molecule has 0 unspecified atom stereocenters. The van der Waals surface area contributed by atoms with Gasteiger partial charge in [0.05, 0.1) is 6.04 Å². The number of H-pyrrole nitrogens is 4. The number of nitrogens with one attached hydrogen (secondary N) is 13. The summed E-state index contributed by atoms with van der Waals surface area (Å²) >= 11 is 0. The van der Waals surface area contributed by atoms with E-state index in [9.17, 15) is 33.9 Å². The number of aromatic amines is 4. The van der Waals surface area contributed by atoms with E-state index in [1.807, 2.05) is 152 Å². The maximum Gasteiger partial charge on any atom is 0.326 e. The summed E-state index contributed by atoms with van der Waals surface area (Å²) in [5.74, 6) is -9.72. The summed E-state index contributed by atoms with van der Waals surface area (Å²) in [5.41, 5.74) is 17.3. The number of carboxylic acids is 1. The van der Waals surface area contributed by atoms with Crippen molar-refractivity contribution < 1.29 is 57.8 Å². The van der Waals surface area contributed by atoms with Crippen molar-refractivity contribution in [2.45, 2.75) is 200 Å². The van der Waals surface area contributed by atoms with Crippen molar-refractivity contribution in [1.82, 2.24) is 67.8 Å². The van der Waals surface area contributed by atoms with Crippen LogP contribution in [0.3, 0.4) is 0 Å². The van der Waals surface area contributed by atoms with Crippen LogP contribution in [0.15, 0.2) is 122 Å². The van der Waals surface area contributed by atoms with Gasteiger partial charge in [0.1, 0.15) is 54.4 Å². The molecule has 568 valence electrons. The number of hydrogen-bond acceptors (Lipinski definition) is 12. The van der Waals surface area contributed by atoms with Gasteiger partial charge in [0, 0.05) is 101 Å². The van der Waals surface area contributed by atoms with Gasteiger partial charge in [-0.3, -0.25) is 47.9 Å². The third-order valence-corrected chi connectivity index (χ3v) is 18.6. The number of carboxylic acid groups (broad SMARTS) is 1. The van der Waals surface area contributed by atoms with Crippen molar-refractivity contribution in [3.05, 3.63) is 144 Å². The minimum absolute atomic E-state index is 0.0274. The number of amides is 10. The van der Waals surface area contributed by atoms with Gasteiger partial charge >= 0.3 is 5.97 Å². The molecule has 0 fully saturated rings. The Kier molecular flexibility index (Phi) is 28.8. The lowest BCUT2D eigenvalue weighted by Crippen LogP contribution is -2.61. The Morgan fingerprint density at radius 3 is 0.774 bits per heavy atom. The van der Waals surface area contributed by atoms with Gasteiger partial charge in [-0.2, -0.15) is 0 Å². The molecule has 0 aliphatic rings. The monoisotopic (exact) mass is 1460 g/mol. The van der Waals surface area contributed by atoms with Crippen LogP contribution >= 0.6 is 0 Å². The topological polar surface area (TPSA) is 431 Å². The van der Waals surface area contributed by atoms with Crippen molar-refractivity contribution in [3.8, 4) is 0 Å². The average molecular weight is 1460 g/mol. The molecule has 0 saturated carbocycles. The molecule has 0 saturated heterocycles. The van der Waals surface area contributed by atoms with Crippen LogP contribution in [0.25, 0.3) is 43.6 Å². The van der Waals surface area contributed by atoms with E-state index >= 15 is 24.0 Å². The summed E-state index contributed by atoms with van der Waals surface area (Å²) in [6, 6.07) is 16.5. The fraction of sp³-hybridized carbons (Fsp3) is 0.456. The van der Waals surface area contributed by atoms with Crippen LogP contribution in [0.1, 0.15) is 136 Å². The maximum atomic E-state index is 15.4. The smallest absolute Gasteiger partial charge is 0.326 e. The van der Waals surface area contributed by atoms with Gasteiger partial charge < -0.3 is 84.4 Å². The Balaban J connectivity index is 1.08. The zero-order valence-corrected chi connectivity index (χ0v) is 62.1. The number of carbonyl (C=O) groups is 11. The summed E-state index contributed by atoms with van der Waals surface area (Å²) in [4.78, 5) is 171. The van der Waals surface area contributed by atoms with Crippen LogP contribution in [0, 0.1) is 29.6 Å². The van der Waals surface area contributed by atoms with Crippen molar-refractivity contribution in [1.29, 1.82) is 0 Å². The first kappa shape index (κ1) is 80.8. The molecule has 4 aromatic heterocycles. The molecule has 4 heterocycles. The van der Waals surface area contributed by atoms with Crippen molar-refractivity contribution in [2.75, 3.05) is 0 Å². The second-order valence-corrected chi connectivity index (χ2v) is 29.9. The molecule has 0 aliphatic carbocycles. The number of primary amides is 1. The van der Waals surface area contributed by atoms with E-state index in [-0.39, 0.29) is 93.8 Å². The van der Waals surface area contributed by atoms with E-state index < -0.39 is 125 Å². The van der Waals surface area contributed by atoms with Gasteiger partial charge in [-0.25, -0.2) is 4.79 Å². The summed E-state index contributed by atoms with van der Waals surface area (Å²) in [5, 5.41) is 38.6. The number of hydrogen-bond donors (Lipinski definition) is 16. The zero-order chi connectivity index (χ0) is 77.1. The molecule has 10 amide bonds. The Morgan fingerprint density at radius 2 is 0.538 bits per heavy atom. The minimum atomic E-state index is -1.52. The third-order valence-electron chi connectivity index (χ3n) is 18.6. The third kappa shape index (κ3) is 22.8. The molecule has 0 aliphatic heterocycles. The molecule has 8 aromatic rings. The molecular formula is C79H105N15O12. The SMILES string of the molecule is CC(C)C[C@H](NC(=O)[C@H](Cc1c[nH]c2ccccc12)NC(=O)[C@H](CC(C)C)NC(=O)[C@H](Cc1c[nH]c2ccccc12)NC(=O)[C@H](CC(C)C)NC(=O)[C@H](Cc1c[nH]c2ccccc12)NC(=O)[C@H](CC(C)C)NC(=O)[C@H](Cc1c[nH]c2ccccc12)NC(=O)[C@@H](N)CC(C)C)C(=O)N[C@@H](CCC(N)=O)C(=O)O. The maximum absolute atomic E-state index is 15.4. The summed E-state index contributed by atoms with van der Waals surface area (Å²) in [6.07, 6.45) is 6.52. The van der Waals surface area contributed by atoms with Gasteiger partial charge in [-0.1, -0.05) is 142 Å². The number of aromatic nitrogens is 4. The standard InChI is InChI=1S/C79H105N15O12/c1-42(2)29-55(80)70(96)87-65(34-47-38-82-56-23-15-11-19-51(47)56)75(101)89-62(31-44(5)6)72(98)93-67(36-49-40-84-58-25-17-13-21-53(49)58)77(103)91-64(33-46(9)10)74(100)94-68(37-50-41-85-59-26-18-14-22-54(50)59)78(104)90-63(32-45(7)8)73(99)92-66(35-48-39-83-57-24-16-12-20-52(48)57)76(102)88-61(30-43(3)4)71(97)86-60(79(105)106)27-28-69(81)95/h11-26,38-46,55,60-68,82-85H,27-37,80H2,1-10H3,(H2,81,95)(H,86,97)(H,87,96)(H,88,102)(H,89,101)(H,90,104)(H,91,103)(H,92,99)(H,93,98)(H,94,100)(H,105,106)/t55-,60-,61-,62-,63-,64-,65-,66-,67-,68-/m0/s1. The van der Waals surface area contributed by atoms with Crippen LogP contribution in [0.5, 0.6) is 0 Å². The molecule has 106 heavy (non-hydrogen) atoms. The van der Waals surface area contributed by atoms with Crippen LogP contribution in [0.2, 0.25) is 0 Å². The predicted octanol–water partition coefficient (Wildman–Crippen LogP) is 6.15. The molecule has 8 rings (SSSR count). The van der Waals surface area contributed by atoms with Gasteiger partial charge in [0.25, 0.3) is 0 Å². The van der Waals surface area contributed by atoms with Crippen LogP contribution in [-0.4, -0.2) is 151 Å². The molecule has 0 spiro atoms. The number of fused-ring (bicyclic) bond motifs is 4. The van der Waals surface area contributed by atoms with E-state index in [0.29, 0.717) is 23.1 Å². The van der Waals surface area contributed by atoms with Gasteiger partial charge in [-0.05, 0) is 115 Å². The van der Waals surface area contributed by atoms with E-state index in [2.05, 4.69) is 67.8 Å². The lowest BCUT2D eigenvalue weighted by molar-refractivity contribution is -0.142. The fourth-order valence-electron chi connectivity index (χ4n) is 13.3. The lowest BCUT2D eigenvalue weighted by Gasteiger charge is -2.29. The Labute approximate surface area is 617 Å².